The second kappa shape index (κ2) is 6.96. The van der Waals surface area contributed by atoms with Gasteiger partial charge in [-0.3, -0.25) is 4.79 Å². The van der Waals surface area contributed by atoms with Crippen LogP contribution in [-0.4, -0.2) is 22.7 Å². The summed E-state index contributed by atoms with van der Waals surface area (Å²) >= 11 is 0. The van der Waals surface area contributed by atoms with Crippen LogP contribution in [0.1, 0.15) is 49.5 Å². The molecule has 1 amide bonds. The van der Waals surface area contributed by atoms with E-state index in [4.69, 9.17) is 4.52 Å². The highest BCUT2D eigenvalue weighted by molar-refractivity contribution is 5.78. The molecule has 0 spiro atoms. The van der Waals surface area contributed by atoms with Crippen LogP contribution in [0.25, 0.3) is 0 Å². The highest BCUT2D eigenvalue weighted by atomic mass is 16.5. The molecule has 1 heterocycles. The van der Waals surface area contributed by atoms with Crippen LogP contribution in [0.5, 0.6) is 0 Å². The molecular formula is C18H24N2O3. The number of hydrogen-bond acceptors (Lipinski definition) is 4. The van der Waals surface area contributed by atoms with E-state index in [0.29, 0.717) is 11.5 Å². The number of aliphatic hydroxyl groups excluding tert-OH is 1. The van der Waals surface area contributed by atoms with Crippen molar-refractivity contribution in [2.24, 2.45) is 0 Å². The molecule has 2 N–H and O–H groups in total. The van der Waals surface area contributed by atoms with Crippen molar-refractivity contribution in [2.45, 2.75) is 45.6 Å². The summed E-state index contributed by atoms with van der Waals surface area (Å²) < 4.78 is 4.92. The summed E-state index contributed by atoms with van der Waals surface area (Å²) in [6.07, 6.45) is -0.584. The summed E-state index contributed by atoms with van der Waals surface area (Å²) in [6.45, 7) is 8.38. The molecule has 2 rings (SSSR count). The van der Waals surface area contributed by atoms with Gasteiger partial charge in [-0.2, -0.15) is 0 Å². The molecule has 0 fully saturated rings. The molecule has 1 aromatic heterocycles. The molecule has 0 radical (unpaired) electrons. The molecule has 0 saturated carbocycles. The van der Waals surface area contributed by atoms with E-state index in [1.165, 1.54) is 5.56 Å². The maximum absolute atomic E-state index is 11.8. The summed E-state index contributed by atoms with van der Waals surface area (Å²) in [5.74, 6) is 0.482. The molecule has 0 bridgehead atoms. The number of nitrogens with one attached hydrogen (secondary N) is 1. The zero-order chi connectivity index (χ0) is 17.0. The molecular weight excluding hydrogens is 292 g/mol. The predicted octanol–water partition coefficient (Wildman–Crippen LogP) is 2.67. The fourth-order valence-corrected chi connectivity index (χ4v) is 2.26. The van der Waals surface area contributed by atoms with Crippen LogP contribution in [0, 0.1) is 6.92 Å². The minimum Gasteiger partial charge on any atom is -0.387 e. The quantitative estimate of drug-likeness (QED) is 0.889. The summed E-state index contributed by atoms with van der Waals surface area (Å²) in [5, 5.41) is 16.7. The Morgan fingerprint density at radius 2 is 1.96 bits per heavy atom. The molecule has 23 heavy (non-hydrogen) atoms. The van der Waals surface area contributed by atoms with E-state index in [2.05, 4.69) is 31.2 Å². The Morgan fingerprint density at radius 3 is 2.48 bits per heavy atom. The number of carbonyl (C=O) groups excluding carboxylic acids is 1. The van der Waals surface area contributed by atoms with Gasteiger partial charge in [-0.05, 0) is 23.5 Å². The van der Waals surface area contributed by atoms with Crippen molar-refractivity contribution >= 4 is 5.91 Å². The summed E-state index contributed by atoms with van der Waals surface area (Å²) in [4.78, 5) is 11.8. The Kier molecular flexibility index (Phi) is 5.21. The molecule has 0 aliphatic heterocycles. The fraction of sp³-hybridized carbons (Fsp3) is 0.444. The van der Waals surface area contributed by atoms with Crippen molar-refractivity contribution in [3.63, 3.8) is 0 Å². The average molecular weight is 316 g/mol. The maximum atomic E-state index is 11.8. The largest absolute Gasteiger partial charge is 0.387 e. The van der Waals surface area contributed by atoms with Crippen LogP contribution in [0.2, 0.25) is 0 Å². The Morgan fingerprint density at radius 1 is 1.30 bits per heavy atom. The third-order valence-electron chi connectivity index (χ3n) is 3.67. The first kappa shape index (κ1) is 17.2. The van der Waals surface area contributed by atoms with Crippen LogP contribution in [0.3, 0.4) is 0 Å². The molecule has 0 aliphatic carbocycles. The molecule has 0 saturated heterocycles. The van der Waals surface area contributed by atoms with E-state index < -0.39 is 6.10 Å². The first-order valence-corrected chi connectivity index (χ1v) is 7.73. The molecule has 124 valence electrons. The van der Waals surface area contributed by atoms with Crippen LogP contribution < -0.4 is 5.32 Å². The van der Waals surface area contributed by atoms with Crippen molar-refractivity contribution in [2.75, 3.05) is 6.54 Å². The highest BCUT2D eigenvalue weighted by Crippen LogP contribution is 2.23. The SMILES string of the molecule is Cc1cc(CC(=O)NCC(O)c2ccc(C(C)(C)C)cc2)no1. The minimum absolute atomic E-state index is 0.0768. The third kappa shape index (κ3) is 4.93. The van der Waals surface area contributed by atoms with E-state index in [1.54, 1.807) is 13.0 Å². The van der Waals surface area contributed by atoms with Gasteiger partial charge in [-0.15, -0.1) is 0 Å². The molecule has 1 aromatic carbocycles. The summed E-state index contributed by atoms with van der Waals surface area (Å²) in [6, 6.07) is 9.55. The number of nitrogens with zero attached hydrogens (tertiary/aromatic N) is 1. The number of rotatable bonds is 5. The lowest BCUT2D eigenvalue weighted by Crippen LogP contribution is -2.29. The second-order valence-electron chi connectivity index (χ2n) is 6.80. The fourth-order valence-electron chi connectivity index (χ4n) is 2.26. The van der Waals surface area contributed by atoms with E-state index >= 15 is 0 Å². The standard InChI is InChI=1S/C18H24N2O3/c1-12-9-15(20-23-12)10-17(22)19-11-16(21)13-5-7-14(8-6-13)18(2,3)4/h5-9,16,21H,10-11H2,1-4H3,(H,19,22). The average Bonchev–Trinajstić information content (AvgIpc) is 2.89. The number of aliphatic hydroxyl groups is 1. The van der Waals surface area contributed by atoms with Crippen LogP contribution in [0.15, 0.2) is 34.9 Å². The smallest absolute Gasteiger partial charge is 0.226 e. The predicted molar refractivity (Wildman–Crippen MR) is 88.1 cm³/mol. The molecule has 2 aromatic rings. The summed E-state index contributed by atoms with van der Waals surface area (Å²) in [5.41, 5.74) is 2.66. The minimum atomic E-state index is -0.730. The lowest BCUT2D eigenvalue weighted by molar-refractivity contribution is -0.121. The van der Waals surface area contributed by atoms with Crippen molar-refractivity contribution < 1.29 is 14.4 Å². The van der Waals surface area contributed by atoms with E-state index in [0.717, 1.165) is 5.56 Å². The molecule has 1 unspecified atom stereocenters. The first-order chi connectivity index (χ1) is 10.8. The van der Waals surface area contributed by atoms with Gasteiger partial charge in [0.2, 0.25) is 5.91 Å². The highest BCUT2D eigenvalue weighted by Gasteiger charge is 2.15. The maximum Gasteiger partial charge on any atom is 0.226 e. The number of carbonyl (C=O) groups is 1. The van der Waals surface area contributed by atoms with Gasteiger partial charge in [-0.1, -0.05) is 50.2 Å². The van der Waals surface area contributed by atoms with Gasteiger partial charge >= 0.3 is 0 Å². The second-order valence-corrected chi connectivity index (χ2v) is 6.80. The zero-order valence-corrected chi connectivity index (χ0v) is 14.1. The normalized spacial score (nSPS) is 12.9. The number of aryl methyl sites for hydroxylation is 1. The molecule has 5 heteroatoms. The third-order valence-corrected chi connectivity index (χ3v) is 3.67. The first-order valence-electron chi connectivity index (χ1n) is 7.73. The number of amides is 1. The van der Waals surface area contributed by atoms with Gasteiger partial charge in [0.05, 0.1) is 18.2 Å². The van der Waals surface area contributed by atoms with Gasteiger partial charge in [0, 0.05) is 12.6 Å². The molecule has 5 nitrogen and oxygen atoms in total. The van der Waals surface area contributed by atoms with Crippen molar-refractivity contribution in [1.29, 1.82) is 0 Å². The van der Waals surface area contributed by atoms with Crippen LogP contribution >= 0.6 is 0 Å². The number of aromatic nitrogens is 1. The Labute approximate surface area is 136 Å². The Bertz CT molecular complexity index is 654. The Hall–Kier alpha value is -2.14. The van der Waals surface area contributed by atoms with Gasteiger partial charge in [0.15, 0.2) is 0 Å². The van der Waals surface area contributed by atoms with E-state index in [1.807, 2.05) is 24.3 Å². The van der Waals surface area contributed by atoms with Crippen molar-refractivity contribution in [1.82, 2.24) is 10.5 Å². The molecule has 0 aliphatic rings. The van der Waals surface area contributed by atoms with E-state index in [9.17, 15) is 9.90 Å². The number of hydrogen-bond donors (Lipinski definition) is 2. The van der Waals surface area contributed by atoms with Crippen LogP contribution in [0.4, 0.5) is 0 Å². The summed E-state index contributed by atoms with van der Waals surface area (Å²) in [7, 11) is 0. The monoisotopic (exact) mass is 316 g/mol. The Balaban J connectivity index is 1.86. The van der Waals surface area contributed by atoms with Crippen LogP contribution in [-0.2, 0) is 16.6 Å². The number of benzene rings is 1. The topological polar surface area (TPSA) is 75.4 Å². The molecule has 1 atom stereocenters. The van der Waals surface area contributed by atoms with Gasteiger partial charge in [0.25, 0.3) is 0 Å². The van der Waals surface area contributed by atoms with E-state index in [-0.39, 0.29) is 24.3 Å². The van der Waals surface area contributed by atoms with Gasteiger partial charge in [0.1, 0.15) is 5.76 Å². The van der Waals surface area contributed by atoms with Crippen molar-refractivity contribution in [3.8, 4) is 0 Å². The lowest BCUT2D eigenvalue weighted by Gasteiger charge is -2.20. The lowest BCUT2D eigenvalue weighted by atomic mass is 9.86. The van der Waals surface area contributed by atoms with Gasteiger partial charge < -0.3 is 14.9 Å². The van der Waals surface area contributed by atoms with Gasteiger partial charge in [-0.25, -0.2) is 0 Å². The van der Waals surface area contributed by atoms with Crippen molar-refractivity contribution in [3.05, 3.63) is 52.9 Å². The zero-order valence-electron chi connectivity index (χ0n) is 14.1.